The average molecular weight is 443 g/mol. The van der Waals surface area contributed by atoms with Crippen LogP contribution in [0.4, 0.5) is 0 Å². The molecule has 0 fully saturated rings. The Morgan fingerprint density at radius 3 is 2.44 bits per heavy atom. The second kappa shape index (κ2) is 10.3. The number of aromatic nitrogens is 4. The number of imidazole rings is 1. The number of ether oxygens (including phenoxy) is 2. The Bertz CT molecular complexity index is 1190. The molecule has 9 nitrogen and oxygen atoms in total. The summed E-state index contributed by atoms with van der Waals surface area (Å²) >= 11 is 0. The lowest BCUT2D eigenvalue weighted by atomic mass is 10.2. The summed E-state index contributed by atoms with van der Waals surface area (Å²) in [5, 5.41) is 0. The minimum absolute atomic E-state index is 0.0878. The number of fused-ring (bicyclic) bond motifs is 1. The highest BCUT2D eigenvalue weighted by molar-refractivity contribution is 5.74. The van der Waals surface area contributed by atoms with Crippen molar-refractivity contribution in [3.8, 4) is 11.5 Å². The number of H-pyrrole nitrogens is 1. The van der Waals surface area contributed by atoms with Gasteiger partial charge in [0, 0.05) is 19.5 Å². The minimum Gasteiger partial charge on any atom is -0.497 e. The Hall–Kier alpha value is -3.36. The van der Waals surface area contributed by atoms with E-state index >= 15 is 0 Å². The summed E-state index contributed by atoms with van der Waals surface area (Å²) in [4.78, 5) is 44.5. The average Bonchev–Trinajstić information content (AvgIpc) is 3.10. The van der Waals surface area contributed by atoms with E-state index in [1.807, 2.05) is 25.3 Å². The summed E-state index contributed by atoms with van der Waals surface area (Å²) < 4.78 is 13.8. The van der Waals surface area contributed by atoms with Gasteiger partial charge in [0.1, 0.15) is 17.3 Å². The van der Waals surface area contributed by atoms with E-state index in [0.29, 0.717) is 41.6 Å². The second-order valence-electron chi connectivity index (χ2n) is 8.12. The Labute approximate surface area is 186 Å². The zero-order valence-corrected chi connectivity index (χ0v) is 19.0. The zero-order valence-electron chi connectivity index (χ0n) is 19.0. The minimum atomic E-state index is -0.462. The first-order valence-electron chi connectivity index (χ1n) is 10.9. The molecular formula is C23H30N4O5. The number of rotatable bonds is 10. The van der Waals surface area contributed by atoms with Gasteiger partial charge in [-0.1, -0.05) is 27.2 Å². The predicted molar refractivity (Wildman–Crippen MR) is 121 cm³/mol. The van der Waals surface area contributed by atoms with Crippen LogP contribution in [0.5, 0.6) is 11.5 Å². The van der Waals surface area contributed by atoms with Gasteiger partial charge in [-0.05, 0) is 36.6 Å². The molecule has 0 atom stereocenters. The first-order valence-corrected chi connectivity index (χ1v) is 10.9. The van der Waals surface area contributed by atoms with E-state index in [1.54, 1.807) is 31.4 Å². The van der Waals surface area contributed by atoms with Crippen molar-refractivity contribution in [2.24, 2.45) is 5.92 Å². The first-order chi connectivity index (χ1) is 15.3. The van der Waals surface area contributed by atoms with Crippen LogP contribution in [0.3, 0.4) is 0 Å². The van der Waals surface area contributed by atoms with E-state index < -0.39 is 17.2 Å². The molecule has 0 saturated heterocycles. The van der Waals surface area contributed by atoms with E-state index in [2.05, 4.69) is 9.97 Å². The van der Waals surface area contributed by atoms with Crippen molar-refractivity contribution in [2.75, 3.05) is 7.11 Å². The molecule has 9 heteroatoms. The lowest BCUT2D eigenvalue weighted by Crippen LogP contribution is -2.31. The summed E-state index contributed by atoms with van der Waals surface area (Å²) in [6.45, 7) is 7.13. The Morgan fingerprint density at radius 1 is 1.12 bits per heavy atom. The lowest BCUT2D eigenvalue weighted by molar-refractivity contribution is -0.134. The van der Waals surface area contributed by atoms with Crippen molar-refractivity contribution in [3.05, 3.63) is 50.9 Å². The smallest absolute Gasteiger partial charge is 0.330 e. The van der Waals surface area contributed by atoms with E-state index in [4.69, 9.17) is 9.47 Å². The maximum Gasteiger partial charge on any atom is 0.330 e. The van der Waals surface area contributed by atoms with Crippen LogP contribution in [0.25, 0.3) is 11.2 Å². The molecule has 32 heavy (non-hydrogen) atoms. The topological polar surface area (TPSA) is 108 Å². The van der Waals surface area contributed by atoms with E-state index in [9.17, 15) is 14.4 Å². The summed E-state index contributed by atoms with van der Waals surface area (Å²) in [6, 6.07) is 6.76. The highest BCUT2D eigenvalue weighted by atomic mass is 16.5. The molecular weight excluding hydrogens is 412 g/mol. The van der Waals surface area contributed by atoms with Crippen LogP contribution in [0.1, 0.15) is 45.9 Å². The van der Waals surface area contributed by atoms with Gasteiger partial charge in [0.2, 0.25) is 0 Å². The highest BCUT2D eigenvalue weighted by Gasteiger charge is 2.20. The Kier molecular flexibility index (Phi) is 7.50. The fourth-order valence-corrected chi connectivity index (χ4v) is 3.53. The molecule has 1 N–H and O–H groups in total. The van der Waals surface area contributed by atoms with E-state index in [-0.39, 0.29) is 18.8 Å². The fourth-order valence-electron chi connectivity index (χ4n) is 3.53. The van der Waals surface area contributed by atoms with E-state index in [0.717, 1.165) is 12.8 Å². The third-order valence-corrected chi connectivity index (χ3v) is 5.09. The Balaban J connectivity index is 1.88. The molecule has 0 unspecified atom stereocenters. The molecule has 0 amide bonds. The quantitative estimate of drug-likeness (QED) is 0.382. The van der Waals surface area contributed by atoms with Crippen LogP contribution in [0.15, 0.2) is 33.9 Å². The molecule has 0 bridgehead atoms. The fraction of sp³-hybridized carbons (Fsp3) is 0.478. The van der Waals surface area contributed by atoms with Gasteiger partial charge in [-0.25, -0.2) is 9.78 Å². The van der Waals surface area contributed by atoms with Crippen LogP contribution in [0, 0.1) is 5.92 Å². The summed E-state index contributed by atoms with van der Waals surface area (Å²) in [5.74, 6) is 1.52. The SMILES string of the molecule is CCCCn1c(=O)[nH]c(=O)c2c1nc(CCC(=O)Oc1ccc(OC)cc1)n2CC(C)C. The van der Waals surface area contributed by atoms with Crippen molar-refractivity contribution < 1.29 is 14.3 Å². The van der Waals surface area contributed by atoms with Crippen LogP contribution in [-0.4, -0.2) is 32.2 Å². The molecule has 0 aliphatic carbocycles. The number of hydrogen-bond acceptors (Lipinski definition) is 6. The number of nitrogens with one attached hydrogen (secondary N) is 1. The van der Waals surface area contributed by atoms with Gasteiger partial charge in [0.25, 0.3) is 5.56 Å². The lowest BCUT2D eigenvalue weighted by Gasteiger charge is -2.11. The van der Waals surface area contributed by atoms with Gasteiger partial charge in [-0.15, -0.1) is 0 Å². The molecule has 2 aromatic heterocycles. The van der Waals surface area contributed by atoms with Crippen molar-refractivity contribution in [2.45, 2.75) is 59.5 Å². The number of aromatic amines is 1. The van der Waals surface area contributed by atoms with Crippen molar-refractivity contribution >= 4 is 17.1 Å². The molecule has 1 aromatic carbocycles. The van der Waals surface area contributed by atoms with Gasteiger partial charge < -0.3 is 14.0 Å². The number of nitrogens with zero attached hydrogens (tertiary/aromatic N) is 3. The zero-order chi connectivity index (χ0) is 23.3. The standard InChI is InChI=1S/C23H30N4O5/c1-5-6-13-26-21-20(22(29)25-23(26)30)27(14-15(2)3)18(24-21)11-12-19(28)32-17-9-7-16(31-4)8-10-17/h7-10,15H,5-6,11-14H2,1-4H3,(H,25,29,30). The molecule has 2 heterocycles. The summed E-state index contributed by atoms with van der Waals surface area (Å²) in [5.41, 5.74) is -0.187. The summed E-state index contributed by atoms with van der Waals surface area (Å²) in [7, 11) is 1.57. The molecule has 3 aromatic rings. The highest BCUT2D eigenvalue weighted by Crippen LogP contribution is 2.19. The molecule has 0 spiro atoms. The van der Waals surface area contributed by atoms with Crippen molar-refractivity contribution in [3.63, 3.8) is 0 Å². The number of carbonyl (C=O) groups excluding carboxylic acids is 1. The third kappa shape index (κ3) is 5.27. The molecule has 0 radical (unpaired) electrons. The molecule has 172 valence electrons. The maximum atomic E-state index is 12.6. The number of esters is 1. The van der Waals surface area contributed by atoms with Crippen LogP contribution >= 0.6 is 0 Å². The normalized spacial score (nSPS) is 11.3. The first kappa shape index (κ1) is 23.3. The molecule has 0 aliphatic heterocycles. The number of unbranched alkanes of at least 4 members (excludes halogenated alkanes) is 1. The van der Waals surface area contributed by atoms with Crippen LogP contribution in [0.2, 0.25) is 0 Å². The van der Waals surface area contributed by atoms with E-state index in [1.165, 1.54) is 4.57 Å². The van der Waals surface area contributed by atoms with Gasteiger partial charge in [-0.3, -0.25) is 19.1 Å². The number of aryl methyl sites for hydroxylation is 2. The van der Waals surface area contributed by atoms with Crippen LogP contribution in [-0.2, 0) is 24.3 Å². The second-order valence-corrected chi connectivity index (χ2v) is 8.12. The molecule has 3 rings (SSSR count). The largest absolute Gasteiger partial charge is 0.497 e. The number of benzene rings is 1. The van der Waals surface area contributed by atoms with Gasteiger partial charge in [0.05, 0.1) is 13.5 Å². The van der Waals surface area contributed by atoms with Crippen LogP contribution < -0.4 is 20.7 Å². The monoisotopic (exact) mass is 442 g/mol. The van der Waals surface area contributed by atoms with Gasteiger partial charge >= 0.3 is 11.7 Å². The van der Waals surface area contributed by atoms with Crippen molar-refractivity contribution in [1.29, 1.82) is 0 Å². The molecule has 0 saturated carbocycles. The third-order valence-electron chi connectivity index (χ3n) is 5.09. The molecule has 0 aliphatic rings. The van der Waals surface area contributed by atoms with Gasteiger partial charge in [0.15, 0.2) is 11.2 Å². The Morgan fingerprint density at radius 2 is 1.81 bits per heavy atom. The summed E-state index contributed by atoms with van der Waals surface area (Å²) in [6.07, 6.45) is 2.08. The number of carbonyl (C=O) groups is 1. The van der Waals surface area contributed by atoms with Gasteiger partial charge in [-0.2, -0.15) is 0 Å². The maximum absolute atomic E-state index is 12.6. The van der Waals surface area contributed by atoms with Crippen molar-refractivity contribution in [1.82, 2.24) is 19.1 Å². The number of hydrogen-bond donors (Lipinski definition) is 1. The number of methoxy groups -OCH3 is 1. The predicted octanol–water partition coefficient (Wildman–Crippen LogP) is 2.89.